The van der Waals surface area contributed by atoms with Crippen LogP contribution in [-0.2, 0) is 30.3 Å². The van der Waals surface area contributed by atoms with Crippen molar-refractivity contribution in [3.63, 3.8) is 0 Å². The number of fused-ring (bicyclic) bond motifs is 1. The molecule has 3 aromatic rings. The van der Waals surface area contributed by atoms with Gasteiger partial charge in [-0.25, -0.2) is 14.2 Å². The molecule has 5 atom stereocenters. The minimum Gasteiger partial charge on any atom is -0.495 e. The number of hydrogen-bond acceptors (Lipinski definition) is 10. The van der Waals surface area contributed by atoms with Crippen LogP contribution in [0, 0.1) is 0 Å². The number of carbonyl (C=O) groups excluding carboxylic acids is 1. The molecule has 0 aliphatic carbocycles. The van der Waals surface area contributed by atoms with Gasteiger partial charge in [0.1, 0.15) is 18.0 Å². The molecule has 1 aliphatic rings. The van der Waals surface area contributed by atoms with E-state index in [9.17, 15) is 9.90 Å². The first kappa shape index (κ1) is 27.7. The van der Waals surface area contributed by atoms with Crippen LogP contribution in [0.15, 0.2) is 49.0 Å². The van der Waals surface area contributed by atoms with Crippen LogP contribution in [0.4, 0.5) is 10.2 Å². The number of carbonyl (C=O) groups is 1. The topological polar surface area (TPSA) is 130 Å². The van der Waals surface area contributed by atoms with Crippen LogP contribution in [0.2, 0.25) is 5.28 Å². The number of aliphatic hydroxyl groups is 1. The molecule has 0 saturated carbocycles. The summed E-state index contributed by atoms with van der Waals surface area (Å²) < 4.78 is 38.3. The van der Waals surface area contributed by atoms with Gasteiger partial charge < -0.3 is 29.4 Å². The Morgan fingerprint density at radius 3 is 2.71 bits per heavy atom. The zero-order chi connectivity index (χ0) is 27.2. The third-order valence-corrected chi connectivity index (χ3v) is 5.98. The summed E-state index contributed by atoms with van der Waals surface area (Å²) in [7, 11) is 0. The lowest BCUT2D eigenvalue weighted by Crippen LogP contribution is -2.36. The Labute approximate surface area is 223 Å². The number of anilines is 1. The van der Waals surface area contributed by atoms with E-state index in [4.69, 9.17) is 30.5 Å². The molecule has 2 N–H and O–H groups in total. The van der Waals surface area contributed by atoms with Gasteiger partial charge in [-0.3, -0.25) is 4.57 Å². The second-order valence-corrected chi connectivity index (χ2v) is 8.71. The average molecular weight is 550 g/mol. The van der Waals surface area contributed by atoms with Gasteiger partial charge in [0.2, 0.25) is 11.4 Å². The van der Waals surface area contributed by atoms with Crippen molar-refractivity contribution in [2.45, 2.75) is 51.1 Å². The normalized spacial score (nSPS) is 21.8. The van der Waals surface area contributed by atoms with Crippen LogP contribution in [0.25, 0.3) is 11.2 Å². The lowest BCUT2D eigenvalue weighted by Gasteiger charge is -2.21. The lowest BCUT2D eigenvalue weighted by molar-refractivity contribution is -0.160. The van der Waals surface area contributed by atoms with Gasteiger partial charge in [0.25, 0.3) is 0 Å². The van der Waals surface area contributed by atoms with Crippen LogP contribution >= 0.6 is 11.6 Å². The highest BCUT2D eigenvalue weighted by Gasteiger charge is 2.46. The number of halogens is 2. The molecule has 1 fully saturated rings. The van der Waals surface area contributed by atoms with Crippen molar-refractivity contribution in [3.8, 4) is 0 Å². The smallest absolute Gasteiger partial charge is 0.343 e. The zero-order valence-corrected chi connectivity index (χ0v) is 21.7. The Balaban J connectivity index is 1.51. The molecule has 1 aliphatic heterocycles. The Hall–Kier alpha value is -3.32. The summed E-state index contributed by atoms with van der Waals surface area (Å²) in [6, 6.07) is 9.65. The fourth-order valence-electron chi connectivity index (χ4n) is 4.01. The molecule has 0 spiro atoms. The van der Waals surface area contributed by atoms with Crippen LogP contribution < -0.4 is 5.32 Å². The van der Waals surface area contributed by atoms with E-state index in [1.165, 1.54) is 10.9 Å². The number of rotatable bonds is 12. The number of ether oxygens (including phenoxy) is 4. The van der Waals surface area contributed by atoms with Gasteiger partial charge in [0.05, 0.1) is 26.1 Å². The molecule has 38 heavy (non-hydrogen) atoms. The highest BCUT2D eigenvalue weighted by molar-refractivity contribution is 6.28. The van der Waals surface area contributed by atoms with Crippen LogP contribution in [0.3, 0.4) is 0 Å². The minimum atomic E-state index is -1.85. The summed E-state index contributed by atoms with van der Waals surface area (Å²) in [4.78, 5) is 25.1. The SMILES string of the molecule is C=C(OCC)C(OC[C@H]1O[C@@H](n2cnc3c(NCc4ccccc4)nc(Cl)nc32)[C@@H](F)[C@@H]1O)C(=O)OCC. The molecule has 1 unspecified atom stereocenters. The summed E-state index contributed by atoms with van der Waals surface area (Å²) in [5.41, 5.74) is 1.58. The first-order chi connectivity index (χ1) is 18.3. The molecule has 0 amide bonds. The number of benzene rings is 1. The van der Waals surface area contributed by atoms with Crippen molar-refractivity contribution >= 4 is 34.6 Å². The van der Waals surface area contributed by atoms with E-state index in [-0.39, 0.29) is 36.5 Å². The van der Waals surface area contributed by atoms with Gasteiger partial charge in [0, 0.05) is 6.54 Å². The van der Waals surface area contributed by atoms with Crippen molar-refractivity contribution in [2.24, 2.45) is 0 Å². The van der Waals surface area contributed by atoms with Crippen molar-refractivity contribution in [1.82, 2.24) is 19.5 Å². The number of alkyl halides is 1. The molecular weight excluding hydrogens is 521 g/mol. The largest absolute Gasteiger partial charge is 0.495 e. The molecule has 13 heteroatoms. The fourth-order valence-corrected chi connectivity index (χ4v) is 4.17. The van der Waals surface area contributed by atoms with Gasteiger partial charge in [-0.15, -0.1) is 0 Å². The third-order valence-electron chi connectivity index (χ3n) is 5.81. The molecule has 1 saturated heterocycles. The molecule has 1 aromatic carbocycles. The molecular formula is C25H29ClFN5O6. The van der Waals surface area contributed by atoms with E-state index in [0.717, 1.165) is 5.56 Å². The van der Waals surface area contributed by atoms with Crippen molar-refractivity contribution in [2.75, 3.05) is 25.1 Å². The maximum absolute atomic E-state index is 15.3. The van der Waals surface area contributed by atoms with Gasteiger partial charge in [-0.2, -0.15) is 9.97 Å². The number of esters is 1. The predicted molar refractivity (Wildman–Crippen MR) is 136 cm³/mol. The molecule has 0 bridgehead atoms. The Kier molecular flexibility index (Phi) is 9.10. The van der Waals surface area contributed by atoms with Crippen molar-refractivity contribution in [3.05, 3.63) is 59.8 Å². The number of hydrogen-bond donors (Lipinski definition) is 2. The van der Waals surface area contributed by atoms with E-state index in [2.05, 4.69) is 26.8 Å². The summed E-state index contributed by atoms with van der Waals surface area (Å²) in [6.07, 6.45) is -5.74. The number of aromatic nitrogens is 4. The molecule has 11 nitrogen and oxygen atoms in total. The highest BCUT2D eigenvalue weighted by atomic mass is 35.5. The van der Waals surface area contributed by atoms with E-state index in [1.807, 2.05) is 30.3 Å². The Bertz CT molecular complexity index is 1240. The fraction of sp³-hybridized carbons (Fsp3) is 0.440. The third kappa shape index (κ3) is 6.04. The molecule has 204 valence electrons. The first-order valence-corrected chi connectivity index (χ1v) is 12.5. The zero-order valence-electron chi connectivity index (χ0n) is 20.9. The van der Waals surface area contributed by atoms with E-state index >= 15 is 4.39 Å². The quantitative estimate of drug-likeness (QED) is 0.197. The van der Waals surface area contributed by atoms with Gasteiger partial charge >= 0.3 is 5.97 Å². The van der Waals surface area contributed by atoms with Crippen molar-refractivity contribution in [1.29, 1.82) is 0 Å². The van der Waals surface area contributed by atoms with Crippen LogP contribution in [0.5, 0.6) is 0 Å². The second kappa shape index (κ2) is 12.5. The number of imidazole rings is 1. The number of nitrogens with one attached hydrogen (secondary N) is 1. The van der Waals surface area contributed by atoms with E-state index in [0.29, 0.717) is 17.9 Å². The van der Waals surface area contributed by atoms with Crippen molar-refractivity contribution < 1.29 is 33.2 Å². The lowest BCUT2D eigenvalue weighted by atomic mass is 10.1. The standard InChI is InChI=1S/C25H29ClFN5O6/c1-4-35-14(3)20(24(34)36-5-2)37-12-16-19(33)17(27)23(38-16)32-13-29-18-21(30-25(26)31-22(18)32)28-11-15-9-7-6-8-10-15/h6-10,13,16-17,19-20,23,33H,3-5,11-12H2,1-2H3,(H,28,30,31)/t16-,17+,19-,20?,23-/m1/s1. The second-order valence-electron chi connectivity index (χ2n) is 8.37. The van der Waals surface area contributed by atoms with Gasteiger partial charge in [-0.1, -0.05) is 36.9 Å². The summed E-state index contributed by atoms with van der Waals surface area (Å²) in [5.74, 6) is -0.313. The number of nitrogens with zero attached hydrogens (tertiary/aromatic N) is 4. The maximum Gasteiger partial charge on any atom is 0.343 e. The maximum atomic E-state index is 15.3. The summed E-state index contributed by atoms with van der Waals surface area (Å²) >= 11 is 6.16. The minimum absolute atomic E-state index is 0.0364. The van der Waals surface area contributed by atoms with Crippen LogP contribution in [0.1, 0.15) is 25.6 Å². The van der Waals surface area contributed by atoms with Gasteiger partial charge in [0.15, 0.2) is 29.4 Å². The monoisotopic (exact) mass is 549 g/mol. The molecule has 0 radical (unpaired) electrons. The summed E-state index contributed by atoms with van der Waals surface area (Å²) in [5, 5.41) is 13.7. The Morgan fingerprint density at radius 2 is 2.00 bits per heavy atom. The average Bonchev–Trinajstić information content (AvgIpc) is 3.44. The number of aliphatic hydroxyl groups excluding tert-OH is 1. The molecule has 2 aromatic heterocycles. The van der Waals surface area contributed by atoms with E-state index < -0.39 is 36.7 Å². The summed E-state index contributed by atoms with van der Waals surface area (Å²) in [6.45, 7) is 7.57. The Morgan fingerprint density at radius 1 is 1.26 bits per heavy atom. The highest BCUT2D eigenvalue weighted by Crippen LogP contribution is 2.35. The predicted octanol–water partition coefficient (Wildman–Crippen LogP) is 3.19. The first-order valence-electron chi connectivity index (χ1n) is 12.1. The van der Waals surface area contributed by atoms with Gasteiger partial charge in [-0.05, 0) is 31.0 Å². The molecule has 4 rings (SSSR count). The van der Waals surface area contributed by atoms with Crippen LogP contribution in [-0.4, -0.2) is 74.9 Å². The molecule has 3 heterocycles. The van der Waals surface area contributed by atoms with E-state index in [1.54, 1.807) is 13.8 Å².